The van der Waals surface area contributed by atoms with Crippen LogP contribution < -0.4 is 10.6 Å². The molecule has 3 aromatic carbocycles. The summed E-state index contributed by atoms with van der Waals surface area (Å²) in [6.07, 6.45) is 5.97. The van der Waals surface area contributed by atoms with Crippen LogP contribution in [0.4, 0.5) is 10.5 Å². The Bertz CT molecular complexity index is 1400. The highest BCUT2D eigenvalue weighted by Gasteiger charge is 2.36. The average molecular weight is 604 g/mol. The number of nitrogens with zero attached hydrogens (tertiary/aromatic N) is 1. The van der Waals surface area contributed by atoms with Crippen LogP contribution in [0.1, 0.15) is 70.5 Å². The van der Waals surface area contributed by atoms with Gasteiger partial charge in [-0.3, -0.25) is 9.59 Å². The molecular formula is C35H45N3O4S. The van der Waals surface area contributed by atoms with E-state index < -0.39 is 23.8 Å². The molecule has 3 aromatic rings. The summed E-state index contributed by atoms with van der Waals surface area (Å²) in [6.45, 7) is 11.7. The average Bonchev–Trinajstić information content (AvgIpc) is 2.97. The molecule has 43 heavy (non-hydrogen) atoms. The Morgan fingerprint density at radius 3 is 2.42 bits per heavy atom. The predicted octanol–water partition coefficient (Wildman–Crippen LogP) is 7.83. The summed E-state index contributed by atoms with van der Waals surface area (Å²) in [4.78, 5) is 43.1. The van der Waals surface area contributed by atoms with Gasteiger partial charge in [0.05, 0.1) is 0 Å². The first-order valence-electron chi connectivity index (χ1n) is 14.9. The minimum Gasteiger partial charge on any atom is -0.444 e. The molecule has 8 heteroatoms. The maximum Gasteiger partial charge on any atom is 0.408 e. The molecular weight excluding hydrogens is 558 g/mol. The molecule has 0 fully saturated rings. The summed E-state index contributed by atoms with van der Waals surface area (Å²) >= 11 is 1.59. The molecule has 0 heterocycles. The molecule has 0 aromatic heterocycles. The van der Waals surface area contributed by atoms with Crippen LogP contribution in [-0.2, 0) is 14.3 Å². The third-order valence-corrected chi connectivity index (χ3v) is 7.57. The number of hydrogen-bond donors (Lipinski definition) is 2. The number of fused-ring (bicyclic) bond motifs is 1. The molecule has 0 radical (unpaired) electrons. The van der Waals surface area contributed by atoms with Gasteiger partial charge < -0.3 is 20.3 Å². The van der Waals surface area contributed by atoms with Gasteiger partial charge in [0.2, 0.25) is 5.91 Å². The van der Waals surface area contributed by atoms with E-state index in [9.17, 15) is 14.4 Å². The number of anilines is 1. The number of nitrogens with one attached hydrogen (secondary N) is 2. The van der Waals surface area contributed by atoms with Crippen molar-refractivity contribution in [3.8, 4) is 0 Å². The van der Waals surface area contributed by atoms with Gasteiger partial charge in [0, 0.05) is 12.2 Å². The smallest absolute Gasteiger partial charge is 0.408 e. The summed E-state index contributed by atoms with van der Waals surface area (Å²) in [5, 5.41) is 7.94. The third kappa shape index (κ3) is 10.2. The molecule has 0 saturated heterocycles. The van der Waals surface area contributed by atoms with Gasteiger partial charge in [0.25, 0.3) is 5.91 Å². The van der Waals surface area contributed by atoms with Crippen LogP contribution in [0.3, 0.4) is 0 Å². The van der Waals surface area contributed by atoms with Crippen molar-refractivity contribution in [2.75, 3.05) is 23.9 Å². The molecule has 2 N–H and O–H groups in total. The topological polar surface area (TPSA) is 87.7 Å². The summed E-state index contributed by atoms with van der Waals surface area (Å²) in [6, 6.07) is 19.4. The Labute approximate surface area is 260 Å². The van der Waals surface area contributed by atoms with Crippen molar-refractivity contribution in [1.29, 1.82) is 0 Å². The molecule has 0 aliphatic carbocycles. The first kappa shape index (κ1) is 33.7. The van der Waals surface area contributed by atoms with E-state index in [1.165, 1.54) is 0 Å². The second kappa shape index (κ2) is 16.2. The van der Waals surface area contributed by atoms with Crippen LogP contribution in [0.25, 0.3) is 16.8 Å². The van der Waals surface area contributed by atoms with Crippen LogP contribution in [0.5, 0.6) is 0 Å². The molecule has 0 aliphatic rings. The van der Waals surface area contributed by atoms with E-state index in [2.05, 4.69) is 24.1 Å². The van der Waals surface area contributed by atoms with E-state index >= 15 is 0 Å². The molecule has 0 aliphatic heterocycles. The van der Waals surface area contributed by atoms with Gasteiger partial charge in [-0.2, -0.15) is 11.8 Å². The summed E-state index contributed by atoms with van der Waals surface area (Å²) in [7, 11) is 0. The quantitative estimate of drug-likeness (QED) is 0.183. The van der Waals surface area contributed by atoms with E-state index in [0.717, 1.165) is 29.2 Å². The highest BCUT2D eigenvalue weighted by molar-refractivity contribution is 7.98. The standard InChI is InChI=1S/C35H45N3O4S/c1-7-9-12-21-38(33(40)30(20-22-43-6)37-34(41)42-35(3,4)5)31(28-17-13-14-25(8-2)23-28)32(39)36-29-19-18-26-15-10-11-16-27(26)24-29/h8,10-11,13-19,23-24,30-31H,2,7,9,12,20-22H2,1,3-6H3,(H,36,39)(H,37,41). The van der Waals surface area contributed by atoms with Crippen LogP contribution in [0.2, 0.25) is 0 Å². The van der Waals surface area contributed by atoms with Gasteiger partial charge in [0.15, 0.2) is 0 Å². The van der Waals surface area contributed by atoms with Gasteiger partial charge in [-0.25, -0.2) is 4.79 Å². The number of thioether (sulfide) groups is 1. The first-order valence-corrected chi connectivity index (χ1v) is 16.3. The van der Waals surface area contributed by atoms with Crippen LogP contribution in [-0.4, -0.2) is 53.0 Å². The Balaban J connectivity index is 2.05. The van der Waals surface area contributed by atoms with Gasteiger partial charge in [0.1, 0.15) is 17.7 Å². The highest BCUT2D eigenvalue weighted by atomic mass is 32.2. The number of rotatable bonds is 14. The van der Waals surface area contributed by atoms with Crippen LogP contribution in [0, 0.1) is 0 Å². The van der Waals surface area contributed by atoms with Gasteiger partial charge in [-0.05, 0) is 85.7 Å². The SMILES string of the molecule is C=Cc1cccc(C(C(=O)Nc2ccc3ccccc3c2)N(CCCCC)C(=O)C(CCSC)NC(=O)OC(C)(C)C)c1. The molecule has 0 bridgehead atoms. The molecule has 230 valence electrons. The molecule has 3 amide bonds. The molecule has 2 atom stereocenters. The number of alkyl carbamates (subject to hydrolysis) is 1. The number of benzene rings is 3. The van der Waals surface area contributed by atoms with Gasteiger partial charge in [-0.15, -0.1) is 0 Å². The van der Waals surface area contributed by atoms with E-state index in [-0.39, 0.29) is 11.8 Å². The number of hydrogen-bond acceptors (Lipinski definition) is 5. The Kier molecular flexibility index (Phi) is 12.7. The van der Waals surface area contributed by atoms with E-state index in [1.807, 2.05) is 73.0 Å². The number of carbonyl (C=O) groups excluding carboxylic acids is 3. The summed E-state index contributed by atoms with van der Waals surface area (Å²) in [5.41, 5.74) is 1.43. The fourth-order valence-corrected chi connectivity index (χ4v) is 5.32. The maximum atomic E-state index is 14.4. The van der Waals surface area contributed by atoms with E-state index in [1.54, 1.807) is 43.5 Å². The second-order valence-corrected chi connectivity index (χ2v) is 12.5. The summed E-state index contributed by atoms with van der Waals surface area (Å²) in [5.74, 6) is -0.00421. The van der Waals surface area contributed by atoms with Crippen LogP contribution >= 0.6 is 11.8 Å². The van der Waals surface area contributed by atoms with Crippen molar-refractivity contribution < 1.29 is 19.1 Å². The second-order valence-electron chi connectivity index (χ2n) is 11.5. The zero-order valence-corrected chi connectivity index (χ0v) is 26.8. The molecule has 0 saturated carbocycles. The maximum absolute atomic E-state index is 14.4. The van der Waals surface area contributed by atoms with Gasteiger partial charge >= 0.3 is 6.09 Å². The van der Waals surface area contributed by atoms with E-state index in [0.29, 0.717) is 36.4 Å². The number of carbonyl (C=O) groups is 3. The Hall–Kier alpha value is -3.78. The van der Waals surface area contributed by atoms with Crippen molar-refractivity contribution in [2.45, 2.75) is 71.1 Å². The first-order chi connectivity index (χ1) is 20.6. The van der Waals surface area contributed by atoms with Crippen molar-refractivity contribution in [2.24, 2.45) is 0 Å². The number of amides is 3. The third-order valence-electron chi connectivity index (χ3n) is 6.92. The Morgan fingerprint density at radius 2 is 1.74 bits per heavy atom. The number of ether oxygens (including phenoxy) is 1. The summed E-state index contributed by atoms with van der Waals surface area (Å²) < 4.78 is 5.50. The highest BCUT2D eigenvalue weighted by Crippen LogP contribution is 2.28. The zero-order chi connectivity index (χ0) is 31.4. The lowest BCUT2D eigenvalue weighted by molar-refractivity contribution is -0.141. The van der Waals surface area contributed by atoms with Crippen molar-refractivity contribution in [3.63, 3.8) is 0 Å². The number of unbranched alkanes of at least 4 members (excludes halogenated alkanes) is 2. The minimum atomic E-state index is -0.937. The molecule has 7 nitrogen and oxygen atoms in total. The molecule has 3 rings (SSSR count). The monoisotopic (exact) mass is 603 g/mol. The van der Waals surface area contributed by atoms with Crippen molar-refractivity contribution in [1.82, 2.24) is 10.2 Å². The lowest BCUT2D eigenvalue weighted by atomic mass is 9.99. The van der Waals surface area contributed by atoms with Gasteiger partial charge in [-0.1, -0.05) is 81.0 Å². The molecule has 0 spiro atoms. The molecule has 2 unspecified atom stereocenters. The fraction of sp³-hybridized carbons (Fsp3) is 0.400. The lowest BCUT2D eigenvalue weighted by Crippen LogP contribution is -2.52. The lowest BCUT2D eigenvalue weighted by Gasteiger charge is -2.34. The predicted molar refractivity (Wildman–Crippen MR) is 179 cm³/mol. The Morgan fingerprint density at radius 1 is 1.00 bits per heavy atom. The fourth-order valence-electron chi connectivity index (χ4n) is 4.85. The van der Waals surface area contributed by atoms with Crippen LogP contribution in [0.15, 0.2) is 73.3 Å². The largest absolute Gasteiger partial charge is 0.444 e. The van der Waals surface area contributed by atoms with Crippen molar-refractivity contribution >= 4 is 52.2 Å². The normalized spacial score (nSPS) is 12.7. The minimum absolute atomic E-state index is 0.321. The zero-order valence-electron chi connectivity index (χ0n) is 26.0. The van der Waals surface area contributed by atoms with Crippen molar-refractivity contribution in [3.05, 3.63) is 84.4 Å². The van der Waals surface area contributed by atoms with E-state index in [4.69, 9.17) is 4.74 Å².